The van der Waals surface area contributed by atoms with Gasteiger partial charge in [0.05, 0.1) is 12.5 Å². The number of carbonyl (C=O) groups excluding carboxylic acids is 2. The van der Waals surface area contributed by atoms with Crippen LogP contribution in [-0.2, 0) is 9.59 Å². The van der Waals surface area contributed by atoms with Crippen molar-refractivity contribution in [3.63, 3.8) is 0 Å². The number of rotatable bonds is 8. The van der Waals surface area contributed by atoms with Crippen LogP contribution < -0.4 is 10.6 Å². The standard InChI is InChI=1S/C23H29N3O2/c1-2-13-24-22(27)16-21-23(28)25-14-15-26(21)17-20(18-9-5-3-6-10-18)19-11-7-4-8-12-19/h3-12,20-21H,2,13-17H2,1H3,(H,24,27)(H,25,28). The van der Waals surface area contributed by atoms with E-state index in [9.17, 15) is 9.59 Å². The highest BCUT2D eigenvalue weighted by atomic mass is 16.2. The molecular weight excluding hydrogens is 350 g/mol. The van der Waals surface area contributed by atoms with Crippen LogP contribution in [0.4, 0.5) is 0 Å². The first-order valence-electron chi connectivity index (χ1n) is 10.1. The monoisotopic (exact) mass is 379 g/mol. The number of piperazine rings is 1. The minimum atomic E-state index is -0.430. The molecule has 1 heterocycles. The molecule has 3 rings (SSSR count). The fourth-order valence-electron chi connectivity index (χ4n) is 3.72. The van der Waals surface area contributed by atoms with Crippen LogP contribution in [0, 0.1) is 0 Å². The van der Waals surface area contributed by atoms with Crippen molar-refractivity contribution in [3.05, 3.63) is 71.8 Å². The summed E-state index contributed by atoms with van der Waals surface area (Å²) in [7, 11) is 0. The Morgan fingerprint density at radius 2 is 1.71 bits per heavy atom. The number of nitrogens with zero attached hydrogens (tertiary/aromatic N) is 1. The predicted molar refractivity (Wildman–Crippen MR) is 111 cm³/mol. The molecule has 5 nitrogen and oxygen atoms in total. The van der Waals surface area contributed by atoms with Gasteiger partial charge in [-0.3, -0.25) is 14.5 Å². The van der Waals surface area contributed by atoms with Crippen LogP contribution in [0.2, 0.25) is 0 Å². The molecule has 5 heteroatoms. The fourth-order valence-corrected chi connectivity index (χ4v) is 3.72. The lowest BCUT2D eigenvalue weighted by molar-refractivity contribution is -0.134. The van der Waals surface area contributed by atoms with Gasteiger partial charge in [0.25, 0.3) is 0 Å². The van der Waals surface area contributed by atoms with Gasteiger partial charge < -0.3 is 10.6 Å². The molecule has 1 fully saturated rings. The van der Waals surface area contributed by atoms with E-state index in [0.29, 0.717) is 19.6 Å². The Bertz CT molecular complexity index is 724. The number of amides is 2. The van der Waals surface area contributed by atoms with Gasteiger partial charge in [0.2, 0.25) is 11.8 Å². The molecule has 1 aliphatic heterocycles. The van der Waals surface area contributed by atoms with Crippen molar-refractivity contribution < 1.29 is 9.59 Å². The molecule has 0 aromatic heterocycles. The lowest BCUT2D eigenvalue weighted by Crippen LogP contribution is -2.57. The second-order valence-corrected chi connectivity index (χ2v) is 7.23. The fraction of sp³-hybridized carbons (Fsp3) is 0.391. The summed E-state index contributed by atoms with van der Waals surface area (Å²) in [6.07, 6.45) is 1.08. The maximum Gasteiger partial charge on any atom is 0.237 e. The number of hydrogen-bond acceptors (Lipinski definition) is 3. The largest absolute Gasteiger partial charge is 0.356 e. The normalized spacial score (nSPS) is 17.4. The molecule has 0 bridgehead atoms. The summed E-state index contributed by atoms with van der Waals surface area (Å²) in [5.41, 5.74) is 2.43. The summed E-state index contributed by atoms with van der Waals surface area (Å²) in [5.74, 6) is 0.0251. The SMILES string of the molecule is CCCNC(=O)CC1C(=O)NCCN1CC(c1ccccc1)c1ccccc1. The average molecular weight is 380 g/mol. The zero-order valence-electron chi connectivity index (χ0n) is 16.4. The van der Waals surface area contributed by atoms with Crippen LogP contribution in [0.15, 0.2) is 60.7 Å². The van der Waals surface area contributed by atoms with Crippen molar-refractivity contribution in [2.75, 3.05) is 26.2 Å². The van der Waals surface area contributed by atoms with E-state index in [1.807, 2.05) is 43.3 Å². The maximum absolute atomic E-state index is 12.5. The van der Waals surface area contributed by atoms with Crippen LogP contribution in [-0.4, -0.2) is 48.9 Å². The summed E-state index contributed by atoms with van der Waals surface area (Å²) in [5, 5.41) is 5.81. The highest BCUT2D eigenvalue weighted by Crippen LogP contribution is 2.27. The number of nitrogens with one attached hydrogen (secondary N) is 2. The molecule has 2 N–H and O–H groups in total. The second-order valence-electron chi connectivity index (χ2n) is 7.23. The van der Waals surface area contributed by atoms with Crippen molar-refractivity contribution >= 4 is 11.8 Å². The first-order chi connectivity index (χ1) is 13.7. The summed E-state index contributed by atoms with van der Waals surface area (Å²) in [6, 6.07) is 20.3. The highest BCUT2D eigenvalue weighted by Gasteiger charge is 2.33. The van der Waals surface area contributed by atoms with Crippen molar-refractivity contribution in [3.8, 4) is 0 Å². The van der Waals surface area contributed by atoms with E-state index in [4.69, 9.17) is 0 Å². The minimum Gasteiger partial charge on any atom is -0.356 e. The van der Waals surface area contributed by atoms with Crippen LogP contribution in [0.1, 0.15) is 36.8 Å². The minimum absolute atomic E-state index is 0.0576. The van der Waals surface area contributed by atoms with Crippen molar-refractivity contribution in [1.82, 2.24) is 15.5 Å². The van der Waals surface area contributed by atoms with Gasteiger partial charge in [-0.25, -0.2) is 0 Å². The summed E-state index contributed by atoms with van der Waals surface area (Å²) < 4.78 is 0. The Hall–Kier alpha value is -2.66. The van der Waals surface area contributed by atoms with Crippen LogP contribution >= 0.6 is 0 Å². The molecule has 1 saturated heterocycles. The van der Waals surface area contributed by atoms with Gasteiger partial charge >= 0.3 is 0 Å². The van der Waals surface area contributed by atoms with Crippen molar-refractivity contribution in [1.29, 1.82) is 0 Å². The maximum atomic E-state index is 12.5. The third-order valence-corrected chi connectivity index (χ3v) is 5.21. The van der Waals surface area contributed by atoms with Gasteiger partial charge in [-0.1, -0.05) is 67.6 Å². The molecule has 148 valence electrons. The molecule has 0 radical (unpaired) electrons. The molecule has 1 unspecified atom stereocenters. The van der Waals surface area contributed by atoms with Crippen LogP contribution in [0.25, 0.3) is 0 Å². The third kappa shape index (κ3) is 5.20. The summed E-state index contributed by atoms with van der Waals surface area (Å²) in [6.45, 7) is 4.72. The van der Waals surface area contributed by atoms with Gasteiger partial charge in [0.15, 0.2) is 0 Å². The summed E-state index contributed by atoms with van der Waals surface area (Å²) >= 11 is 0. The van der Waals surface area contributed by atoms with Gasteiger partial charge in [-0.2, -0.15) is 0 Å². The quantitative estimate of drug-likeness (QED) is 0.741. The average Bonchev–Trinajstić information content (AvgIpc) is 2.74. The number of hydrogen-bond donors (Lipinski definition) is 2. The van der Waals surface area contributed by atoms with E-state index < -0.39 is 6.04 Å². The van der Waals surface area contributed by atoms with E-state index in [2.05, 4.69) is 39.8 Å². The number of carbonyl (C=O) groups is 2. The molecule has 0 aliphatic carbocycles. The zero-order chi connectivity index (χ0) is 19.8. The first kappa shape index (κ1) is 20.1. The van der Waals surface area contributed by atoms with Crippen molar-refractivity contribution in [2.24, 2.45) is 0 Å². The Morgan fingerprint density at radius 1 is 1.11 bits per heavy atom. The van der Waals surface area contributed by atoms with E-state index in [1.165, 1.54) is 11.1 Å². The molecule has 0 spiro atoms. The lowest BCUT2D eigenvalue weighted by atomic mass is 9.90. The molecule has 2 aromatic rings. The third-order valence-electron chi connectivity index (χ3n) is 5.21. The molecule has 1 atom stereocenters. The molecular formula is C23H29N3O2. The Morgan fingerprint density at radius 3 is 2.29 bits per heavy atom. The molecule has 1 aliphatic rings. The summed E-state index contributed by atoms with van der Waals surface area (Å²) in [4.78, 5) is 27.0. The van der Waals surface area contributed by atoms with Gasteiger partial charge in [0, 0.05) is 32.1 Å². The molecule has 0 saturated carbocycles. The van der Waals surface area contributed by atoms with Gasteiger partial charge in [-0.15, -0.1) is 0 Å². The van der Waals surface area contributed by atoms with E-state index >= 15 is 0 Å². The van der Waals surface area contributed by atoms with Gasteiger partial charge in [0.1, 0.15) is 0 Å². The van der Waals surface area contributed by atoms with Gasteiger partial charge in [-0.05, 0) is 17.5 Å². The van der Waals surface area contributed by atoms with Crippen molar-refractivity contribution in [2.45, 2.75) is 31.7 Å². The molecule has 28 heavy (non-hydrogen) atoms. The second kappa shape index (κ2) is 10.0. The van der Waals surface area contributed by atoms with E-state index in [1.54, 1.807) is 0 Å². The lowest BCUT2D eigenvalue weighted by Gasteiger charge is -2.37. The Kier molecular flexibility index (Phi) is 7.20. The zero-order valence-corrected chi connectivity index (χ0v) is 16.4. The van der Waals surface area contributed by atoms with Crippen LogP contribution in [0.5, 0.6) is 0 Å². The molecule has 2 aromatic carbocycles. The van der Waals surface area contributed by atoms with Crippen LogP contribution in [0.3, 0.4) is 0 Å². The predicted octanol–water partition coefficient (Wildman–Crippen LogP) is 2.54. The molecule has 2 amide bonds. The van der Waals surface area contributed by atoms with E-state index in [-0.39, 0.29) is 24.2 Å². The smallest absolute Gasteiger partial charge is 0.237 e. The number of benzene rings is 2. The Labute approximate surface area is 167 Å². The Balaban J connectivity index is 1.81. The first-order valence-corrected chi connectivity index (χ1v) is 10.1. The van der Waals surface area contributed by atoms with E-state index in [0.717, 1.165) is 13.0 Å². The highest BCUT2D eigenvalue weighted by molar-refractivity contribution is 5.88. The topological polar surface area (TPSA) is 61.4 Å².